The second kappa shape index (κ2) is 6.69. The van der Waals surface area contributed by atoms with E-state index in [1.54, 1.807) is 0 Å². The zero-order chi connectivity index (χ0) is 17.2. The van der Waals surface area contributed by atoms with Gasteiger partial charge in [0, 0.05) is 25.8 Å². The van der Waals surface area contributed by atoms with Gasteiger partial charge in [-0.05, 0) is 30.5 Å². The average Bonchev–Trinajstić information content (AvgIpc) is 3.18. The van der Waals surface area contributed by atoms with Crippen LogP contribution in [-0.2, 0) is 17.9 Å². The van der Waals surface area contributed by atoms with Crippen molar-refractivity contribution < 1.29 is 4.79 Å². The maximum Gasteiger partial charge on any atom is 0.240 e. The molecule has 1 aliphatic heterocycles. The van der Waals surface area contributed by atoms with E-state index in [0.717, 1.165) is 24.3 Å². The first-order valence-electron chi connectivity index (χ1n) is 8.69. The van der Waals surface area contributed by atoms with Crippen LogP contribution in [0.1, 0.15) is 23.2 Å². The Balaban J connectivity index is 1.40. The van der Waals surface area contributed by atoms with Crippen LogP contribution >= 0.6 is 0 Å². The molecule has 0 unspecified atom stereocenters. The molecule has 4 rings (SSSR count). The lowest BCUT2D eigenvalue weighted by Crippen LogP contribution is -2.37. The number of likely N-dealkylation sites (tertiary alicyclic amines) is 1. The molecule has 2 aromatic heterocycles. The number of rotatable bonds is 5. The molecule has 3 heterocycles. The predicted octanol–water partition coefficient (Wildman–Crippen LogP) is 2.53. The van der Waals surface area contributed by atoms with Crippen molar-refractivity contribution in [1.82, 2.24) is 19.6 Å². The fraction of sp³-hybridized carbons (Fsp3) is 0.300. The van der Waals surface area contributed by atoms with E-state index in [2.05, 4.69) is 46.0 Å². The first kappa shape index (κ1) is 15.8. The molecule has 1 fully saturated rings. The van der Waals surface area contributed by atoms with Crippen molar-refractivity contribution in [2.24, 2.45) is 0 Å². The number of aromatic nitrogens is 2. The Morgan fingerprint density at radius 2 is 2.04 bits per heavy atom. The topological polar surface area (TPSA) is 49.6 Å². The van der Waals surface area contributed by atoms with E-state index in [9.17, 15) is 4.79 Å². The van der Waals surface area contributed by atoms with E-state index >= 15 is 0 Å². The minimum absolute atomic E-state index is 0.112. The Labute approximate surface area is 147 Å². The van der Waals surface area contributed by atoms with Gasteiger partial charge in [0.15, 0.2) is 0 Å². The lowest BCUT2D eigenvalue weighted by atomic mass is 10.2. The lowest BCUT2D eigenvalue weighted by Gasteiger charge is -2.17. The van der Waals surface area contributed by atoms with Crippen molar-refractivity contribution in [2.45, 2.75) is 32.5 Å². The van der Waals surface area contributed by atoms with E-state index in [1.807, 2.05) is 35.4 Å². The van der Waals surface area contributed by atoms with Gasteiger partial charge in [0.05, 0.1) is 17.9 Å². The summed E-state index contributed by atoms with van der Waals surface area (Å²) in [6.07, 6.45) is 4.81. The maximum atomic E-state index is 12.6. The van der Waals surface area contributed by atoms with Crippen molar-refractivity contribution in [3.05, 3.63) is 71.7 Å². The highest BCUT2D eigenvalue weighted by atomic mass is 16.2. The SMILES string of the molecule is Cc1ccc2ncc(CN[C@H]3CCN(Cc4ccccc4)C3=O)n2c1. The molecular weight excluding hydrogens is 312 g/mol. The molecule has 3 aromatic rings. The summed E-state index contributed by atoms with van der Waals surface area (Å²) in [5, 5.41) is 3.41. The first-order chi connectivity index (χ1) is 12.2. The van der Waals surface area contributed by atoms with Crippen LogP contribution in [0.5, 0.6) is 0 Å². The standard InChI is InChI=1S/C20H22N4O/c1-15-7-8-19-22-12-17(24(19)13-15)11-21-18-9-10-23(20(18)25)14-16-5-3-2-4-6-16/h2-8,12-13,18,21H,9-11,14H2,1H3/t18-/m0/s1. The second-order valence-corrected chi connectivity index (χ2v) is 6.65. The van der Waals surface area contributed by atoms with Crippen LogP contribution in [0, 0.1) is 6.92 Å². The van der Waals surface area contributed by atoms with Crippen LogP contribution in [0.15, 0.2) is 54.9 Å². The number of hydrogen-bond donors (Lipinski definition) is 1. The highest BCUT2D eigenvalue weighted by Crippen LogP contribution is 2.16. The van der Waals surface area contributed by atoms with Crippen LogP contribution in [0.4, 0.5) is 0 Å². The lowest BCUT2D eigenvalue weighted by molar-refractivity contribution is -0.129. The summed E-state index contributed by atoms with van der Waals surface area (Å²) in [6.45, 7) is 4.20. The summed E-state index contributed by atoms with van der Waals surface area (Å²) in [7, 11) is 0. The van der Waals surface area contributed by atoms with Gasteiger partial charge in [-0.25, -0.2) is 4.98 Å². The number of amides is 1. The van der Waals surface area contributed by atoms with E-state index in [4.69, 9.17) is 0 Å². The highest BCUT2D eigenvalue weighted by Gasteiger charge is 2.31. The van der Waals surface area contributed by atoms with Gasteiger partial charge in [0.1, 0.15) is 5.65 Å². The molecule has 1 atom stereocenters. The van der Waals surface area contributed by atoms with Crippen molar-refractivity contribution in [1.29, 1.82) is 0 Å². The van der Waals surface area contributed by atoms with Gasteiger partial charge in [0.25, 0.3) is 0 Å². The molecule has 0 aliphatic carbocycles. The molecule has 1 aromatic carbocycles. The van der Waals surface area contributed by atoms with Gasteiger partial charge < -0.3 is 14.6 Å². The number of hydrogen-bond acceptors (Lipinski definition) is 3. The molecule has 1 N–H and O–H groups in total. The smallest absolute Gasteiger partial charge is 0.240 e. The predicted molar refractivity (Wildman–Crippen MR) is 97.0 cm³/mol. The van der Waals surface area contributed by atoms with Crippen LogP contribution in [0.2, 0.25) is 0 Å². The Bertz CT molecular complexity index is 887. The Morgan fingerprint density at radius 1 is 1.20 bits per heavy atom. The van der Waals surface area contributed by atoms with Gasteiger partial charge >= 0.3 is 0 Å². The quantitative estimate of drug-likeness (QED) is 0.780. The summed E-state index contributed by atoms with van der Waals surface area (Å²) < 4.78 is 2.09. The van der Waals surface area contributed by atoms with E-state index in [1.165, 1.54) is 11.1 Å². The molecule has 1 aliphatic rings. The third kappa shape index (κ3) is 3.28. The van der Waals surface area contributed by atoms with Gasteiger partial charge in [-0.1, -0.05) is 36.4 Å². The van der Waals surface area contributed by atoms with Gasteiger partial charge in [-0.3, -0.25) is 4.79 Å². The molecule has 0 radical (unpaired) electrons. The molecule has 5 heteroatoms. The normalized spacial score (nSPS) is 17.6. The molecule has 5 nitrogen and oxygen atoms in total. The summed E-state index contributed by atoms with van der Waals surface area (Å²) in [5.41, 5.74) is 4.38. The third-order valence-corrected chi connectivity index (χ3v) is 4.77. The van der Waals surface area contributed by atoms with Crippen molar-refractivity contribution in [3.63, 3.8) is 0 Å². The molecule has 0 spiro atoms. The van der Waals surface area contributed by atoms with Crippen molar-refractivity contribution >= 4 is 11.6 Å². The number of carbonyl (C=O) groups excluding carboxylic acids is 1. The highest BCUT2D eigenvalue weighted by molar-refractivity contribution is 5.83. The van der Waals surface area contributed by atoms with Crippen molar-refractivity contribution in [3.8, 4) is 0 Å². The van der Waals surface area contributed by atoms with Crippen LogP contribution in [0.25, 0.3) is 5.65 Å². The van der Waals surface area contributed by atoms with Crippen LogP contribution < -0.4 is 5.32 Å². The largest absolute Gasteiger partial charge is 0.337 e. The number of imidazole rings is 1. The minimum Gasteiger partial charge on any atom is -0.337 e. The number of nitrogens with zero attached hydrogens (tertiary/aromatic N) is 3. The Hall–Kier alpha value is -2.66. The number of fused-ring (bicyclic) bond motifs is 1. The summed E-state index contributed by atoms with van der Waals surface area (Å²) in [4.78, 5) is 19.0. The number of aryl methyl sites for hydroxylation is 1. The van der Waals surface area contributed by atoms with Gasteiger partial charge in [-0.15, -0.1) is 0 Å². The summed E-state index contributed by atoms with van der Waals surface area (Å²) in [5.74, 6) is 0.189. The molecule has 0 bridgehead atoms. The van der Waals surface area contributed by atoms with Crippen LogP contribution in [-0.4, -0.2) is 32.8 Å². The number of carbonyl (C=O) groups is 1. The second-order valence-electron chi connectivity index (χ2n) is 6.65. The molecule has 1 amide bonds. The molecule has 128 valence electrons. The van der Waals surface area contributed by atoms with Crippen LogP contribution in [0.3, 0.4) is 0 Å². The number of nitrogens with one attached hydrogen (secondary N) is 1. The minimum atomic E-state index is -0.112. The van der Waals surface area contributed by atoms with Gasteiger partial charge in [0.2, 0.25) is 5.91 Å². The Morgan fingerprint density at radius 3 is 2.88 bits per heavy atom. The van der Waals surface area contributed by atoms with Gasteiger partial charge in [-0.2, -0.15) is 0 Å². The monoisotopic (exact) mass is 334 g/mol. The summed E-state index contributed by atoms with van der Waals surface area (Å²) in [6, 6.07) is 14.1. The van der Waals surface area contributed by atoms with Crippen molar-refractivity contribution in [2.75, 3.05) is 6.54 Å². The zero-order valence-corrected chi connectivity index (χ0v) is 14.4. The molecular formula is C20H22N4O. The zero-order valence-electron chi connectivity index (χ0n) is 14.4. The summed E-state index contributed by atoms with van der Waals surface area (Å²) >= 11 is 0. The third-order valence-electron chi connectivity index (χ3n) is 4.77. The van der Waals surface area contributed by atoms with E-state index in [0.29, 0.717) is 13.1 Å². The fourth-order valence-corrected chi connectivity index (χ4v) is 3.38. The molecule has 25 heavy (non-hydrogen) atoms. The average molecular weight is 334 g/mol. The maximum absolute atomic E-state index is 12.6. The van der Waals surface area contributed by atoms with E-state index < -0.39 is 0 Å². The first-order valence-corrected chi connectivity index (χ1v) is 8.69. The number of benzene rings is 1. The van der Waals surface area contributed by atoms with E-state index in [-0.39, 0.29) is 11.9 Å². The molecule has 1 saturated heterocycles. The Kier molecular flexibility index (Phi) is 4.24. The fourth-order valence-electron chi connectivity index (χ4n) is 3.38. The number of pyridine rings is 1. The molecule has 0 saturated carbocycles.